The van der Waals surface area contributed by atoms with Gasteiger partial charge in [-0.15, -0.1) is 0 Å². The number of carbonyl (C=O) groups excluding carboxylic acids is 3. The normalized spacial score (nSPS) is 26.9. The summed E-state index contributed by atoms with van der Waals surface area (Å²) in [6.45, 7) is 1.62. The minimum Gasteiger partial charge on any atom is -0.342 e. The first-order valence-corrected chi connectivity index (χ1v) is 11.2. The van der Waals surface area contributed by atoms with Gasteiger partial charge in [-0.2, -0.15) is 0 Å². The number of halogens is 1. The second-order valence-electron chi connectivity index (χ2n) is 9.17. The number of hydrogen-bond acceptors (Lipinski definition) is 4. The van der Waals surface area contributed by atoms with E-state index in [9.17, 15) is 19.2 Å². The molecular weight excluding hydrogens is 430 g/mol. The molecule has 4 heterocycles. The number of hydrogen-bond donors (Lipinski definition) is 0. The largest absolute Gasteiger partial charge is 0.342 e. The van der Waals surface area contributed by atoms with Crippen LogP contribution in [0.1, 0.15) is 36.4 Å². The van der Waals surface area contributed by atoms with Gasteiger partial charge in [0.2, 0.25) is 17.7 Å². The summed E-state index contributed by atoms with van der Waals surface area (Å²) in [6, 6.07) is 12.2. The monoisotopic (exact) mass is 453 g/mol. The average molecular weight is 454 g/mol. The maximum Gasteiger partial charge on any atom is 0.250 e. The summed E-state index contributed by atoms with van der Waals surface area (Å²) in [4.78, 5) is 54.4. The number of likely N-dealkylation sites (tertiary alicyclic amines) is 2. The molecule has 32 heavy (non-hydrogen) atoms. The molecule has 2 aromatic rings. The Hall–Kier alpha value is -2.93. The van der Waals surface area contributed by atoms with Crippen LogP contribution in [0.3, 0.4) is 0 Å². The Morgan fingerprint density at radius 1 is 1.06 bits per heavy atom. The van der Waals surface area contributed by atoms with Crippen molar-refractivity contribution in [1.82, 2.24) is 14.4 Å². The highest BCUT2D eigenvalue weighted by molar-refractivity contribution is 6.32. The summed E-state index contributed by atoms with van der Waals surface area (Å²) < 4.78 is 1.82. The van der Waals surface area contributed by atoms with E-state index in [4.69, 9.17) is 11.6 Å². The fourth-order valence-corrected chi connectivity index (χ4v) is 5.97. The Kier molecular flexibility index (Phi) is 4.97. The minimum atomic E-state index is -1.29. The molecule has 3 amide bonds. The predicted molar refractivity (Wildman–Crippen MR) is 118 cm³/mol. The van der Waals surface area contributed by atoms with E-state index in [1.54, 1.807) is 41.3 Å². The zero-order chi connectivity index (χ0) is 22.6. The van der Waals surface area contributed by atoms with Crippen LogP contribution >= 0.6 is 11.6 Å². The third-order valence-corrected chi connectivity index (χ3v) is 7.55. The fourth-order valence-electron chi connectivity index (χ4n) is 5.65. The van der Waals surface area contributed by atoms with E-state index in [0.29, 0.717) is 30.2 Å². The van der Waals surface area contributed by atoms with Gasteiger partial charge >= 0.3 is 0 Å². The molecule has 166 valence electrons. The van der Waals surface area contributed by atoms with E-state index < -0.39 is 11.3 Å². The van der Waals surface area contributed by atoms with Crippen LogP contribution in [0.2, 0.25) is 5.02 Å². The first-order valence-electron chi connectivity index (χ1n) is 10.8. The van der Waals surface area contributed by atoms with Crippen molar-refractivity contribution in [1.29, 1.82) is 0 Å². The second kappa shape index (κ2) is 7.59. The van der Waals surface area contributed by atoms with Crippen molar-refractivity contribution in [3.05, 3.63) is 69.1 Å². The number of rotatable bonds is 3. The van der Waals surface area contributed by atoms with Crippen LogP contribution < -0.4 is 5.56 Å². The minimum absolute atomic E-state index is 0.00671. The van der Waals surface area contributed by atoms with Gasteiger partial charge in [-0.1, -0.05) is 35.9 Å². The first-order chi connectivity index (χ1) is 15.3. The second-order valence-corrected chi connectivity index (χ2v) is 9.58. The number of likely N-dealkylation sites (N-methyl/N-ethyl adjacent to an activating group) is 1. The molecule has 0 saturated carbocycles. The van der Waals surface area contributed by atoms with Crippen molar-refractivity contribution in [2.24, 2.45) is 5.92 Å². The molecule has 1 aromatic carbocycles. The summed E-state index contributed by atoms with van der Waals surface area (Å²) in [6.07, 6.45) is 0.756. The van der Waals surface area contributed by atoms with Gasteiger partial charge < -0.3 is 9.47 Å². The van der Waals surface area contributed by atoms with Crippen LogP contribution in [-0.2, 0) is 26.3 Å². The van der Waals surface area contributed by atoms with Crippen molar-refractivity contribution < 1.29 is 14.4 Å². The SMILES string of the molecule is CN1C(=O)C[C@](CC(=O)N2C[C@H]3C[C@@H](C2)c2cccc(=O)n2C3)(c2ccccc2Cl)C1=O. The zero-order valence-corrected chi connectivity index (χ0v) is 18.5. The highest BCUT2D eigenvalue weighted by atomic mass is 35.5. The van der Waals surface area contributed by atoms with Crippen molar-refractivity contribution in [2.75, 3.05) is 20.1 Å². The van der Waals surface area contributed by atoms with Gasteiger partial charge in [0.25, 0.3) is 5.56 Å². The van der Waals surface area contributed by atoms with Gasteiger partial charge in [-0.3, -0.25) is 24.1 Å². The number of benzene rings is 1. The molecule has 0 spiro atoms. The van der Waals surface area contributed by atoms with E-state index in [1.807, 2.05) is 10.6 Å². The van der Waals surface area contributed by atoms with Crippen LogP contribution in [0.15, 0.2) is 47.3 Å². The summed E-state index contributed by atoms with van der Waals surface area (Å²) in [7, 11) is 1.45. The van der Waals surface area contributed by atoms with Gasteiger partial charge in [0.05, 0.1) is 5.41 Å². The summed E-state index contributed by atoms with van der Waals surface area (Å²) >= 11 is 6.43. The van der Waals surface area contributed by atoms with E-state index in [1.165, 1.54) is 7.05 Å². The number of imide groups is 1. The standard InChI is InChI=1S/C24H24ClN3O4/c1-26-21(30)10-24(23(26)32,17-5-2-3-6-18(17)25)11-22(31)27-12-15-9-16(14-27)19-7-4-8-20(29)28(19)13-15/h2-8,15-16H,9-14H2,1H3/t15-,16+,24+/m1/s1. The topological polar surface area (TPSA) is 79.7 Å². The van der Waals surface area contributed by atoms with Crippen molar-refractivity contribution in [3.63, 3.8) is 0 Å². The van der Waals surface area contributed by atoms with Crippen molar-refractivity contribution in [3.8, 4) is 0 Å². The number of pyridine rings is 1. The molecule has 1 aromatic heterocycles. The van der Waals surface area contributed by atoms with Gasteiger partial charge in [0, 0.05) is 62.2 Å². The smallest absolute Gasteiger partial charge is 0.250 e. The Balaban J connectivity index is 1.46. The third-order valence-electron chi connectivity index (χ3n) is 7.22. The quantitative estimate of drug-likeness (QED) is 0.667. The van der Waals surface area contributed by atoms with E-state index in [2.05, 4.69) is 0 Å². The molecule has 0 N–H and O–H groups in total. The number of carbonyl (C=O) groups is 3. The van der Waals surface area contributed by atoms with Crippen molar-refractivity contribution >= 4 is 29.3 Å². The van der Waals surface area contributed by atoms with E-state index >= 15 is 0 Å². The lowest BCUT2D eigenvalue weighted by molar-refractivity contribution is -0.142. The predicted octanol–water partition coefficient (Wildman–Crippen LogP) is 2.16. The number of amides is 3. The third kappa shape index (κ3) is 3.18. The first kappa shape index (κ1) is 20.9. The van der Waals surface area contributed by atoms with Crippen molar-refractivity contribution in [2.45, 2.75) is 37.1 Å². The van der Waals surface area contributed by atoms with Crippen LogP contribution in [0.4, 0.5) is 0 Å². The highest BCUT2D eigenvalue weighted by Crippen LogP contribution is 2.43. The van der Waals surface area contributed by atoms with E-state index in [-0.39, 0.29) is 42.1 Å². The lowest BCUT2D eigenvalue weighted by Crippen LogP contribution is -2.51. The molecular formula is C24H24ClN3O4. The molecule has 2 bridgehead atoms. The Labute approximate surface area is 190 Å². The molecule has 3 aliphatic rings. The highest BCUT2D eigenvalue weighted by Gasteiger charge is 2.54. The molecule has 2 saturated heterocycles. The molecule has 3 aliphatic heterocycles. The number of piperidine rings is 1. The number of fused-ring (bicyclic) bond motifs is 4. The van der Waals surface area contributed by atoms with Gasteiger partial charge in [-0.05, 0) is 30.0 Å². The van der Waals surface area contributed by atoms with Crippen LogP contribution in [0.5, 0.6) is 0 Å². The van der Waals surface area contributed by atoms with Gasteiger partial charge in [0.1, 0.15) is 0 Å². The molecule has 0 aliphatic carbocycles. The molecule has 7 nitrogen and oxygen atoms in total. The number of aromatic nitrogens is 1. The Morgan fingerprint density at radius 3 is 2.56 bits per heavy atom. The summed E-state index contributed by atoms with van der Waals surface area (Å²) in [5.41, 5.74) is 0.182. The van der Waals surface area contributed by atoms with Gasteiger partial charge in [-0.25, -0.2) is 0 Å². The fraction of sp³-hybridized carbons (Fsp3) is 0.417. The maximum absolute atomic E-state index is 13.5. The zero-order valence-electron chi connectivity index (χ0n) is 17.8. The summed E-state index contributed by atoms with van der Waals surface area (Å²) in [5.74, 6) is -0.599. The Morgan fingerprint density at radius 2 is 1.84 bits per heavy atom. The number of nitrogens with zero attached hydrogens (tertiary/aromatic N) is 3. The van der Waals surface area contributed by atoms with Gasteiger partial charge in [0.15, 0.2) is 0 Å². The molecule has 5 rings (SSSR count). The Bertz CT molecular complexity index is 1190. The molecule has 0 unspecified atom stereocenters. The molecule has 2 fully saturated rings. The molecule has 3 atom stereocenters. The lowest BCUT2D eigenvalue weighted by atomic mass is 9.75. The van der Waals surface area contributed by atoms with Crippen LogP contribution in [0, 0.1) is 5.92 Å². The molecule has 0 radical (unpaired) electrons. The van der Waals surface area contributed by atoms with Crippen LogP contribution in [-0.4, -0.2) is 52.2 Å². The molecule has 8 heteroatoms. The average Bonchev–Trinajstić information content (AvgIpc) is 2.99. The lowest BCUT2D eigenvalue weighted by Gasteiger charge is -2.43. The summed E-state index contributed by atoms with van der Waals surface area (Å²) in [5, 5.41) is 0.376. The van der Waals surface area contributed by atoms with Crippen LogP contribution in [0.25, 0.3) is 0 Å². The maximum atomic E-state index is 13.5. The van der Waals surface area contributed by atoms with E-state index in [0.717, 1.165) is 17.0 Å².